The normalized spacial score (nSPS) is 53.2. The van der Waals surface area contributed by atoms with Crippen molar-refractivity contribution in [3.05, 3.63) is 35.6 Å². The van der Waals surface area contributed by atoms with E-state index in [1.165, 1.54) is 5.57 Å². The van der Waals surface area contributed by atoms with E-state index in [1.54, 1.807) is 0 Å². The van der Waals surface area contributed by atoms with Gasteiger partial charge in [0.1, 0.15) is 0 Å². The van der Waals surface area contributed by atoms with Crippen LogP contribution in [-0.2, 0) is 0 Å². The summed E-state index contributed by atoms with van der Waals surface area (Å²) in [5, 5.41) is 31.0. The molecule has 0 aromatic carbocycles. The van der Waals surface area contributed by atoms with Crippen molar-refractivity contribution in [2.75, 3.05) is 0 Å². The molecule has 2 unspecified atom stereocenters. The number of aliphatic hydroxyl groups is 3. The Morgan fingerprint density at radius 3 is 2.73 bits per heavy atom. The van der Waals surface area contributed by atoms with Crippen molar-refractivity contribution in [3.63, 3.8) is 0 Å². The lowest BCUT2D eigenvalue weighted by atomic mass is 9.47. The highest BCUT2D eigenvalue weighted by Crippen LogP contribution is 2.64. The summed E-state index contributed by atoms with van der Waals surface area (Å²) in [7, 11) is 0. The van der Waals surface area contributed by atoms with Gasteiger partial charge in [-0.3, -0.25) is 0 Å². The Kier molecular flexibility index (Phi) is 2.96. The monoisotopic (exact) mass is 302 g/mol. The van der Waals surface area contributed by atoms with E-state index < -0.39 is 6.10 Å². The molecular weight excluding hydrogens is 276 g/mol. The Hall–Kier alpha value is -1.06. The molecule has 4 aliphatic rings. The molecule has 0 saturated heterocycles. The van der Waals surface area contributed by atoms with Gasteiger partial charge in [0.15, 0.2) is 0 Å². The van der Waals surface area contributed by atoms with Crippen molar-refractivity contribution in [3.8, 4) is 0 Å². The third kappa shape index (κ3) is 1.70. The van der Waals surface area contributed by atoms with Crippen LogP contribution in [0.25, 0.3) is 0 Å². The molecule has 3 nitrogen and oxygen atoms in total. The standard InChI is InChI=1S/C19H26O3/c1-18-7-5-12(20)9-11(18)10-15(21)17-13-3-4-16(22)19(13,2)8-6-14(17)18/h4-5,7,9,12-15,17,20-22H,3,6,8,10H2,1-2H3/t12?,13-,14+,15?,17-,18-,19-/m0/s1. The van der Waals surface area contributed by atoms with Gasteiger partial charge in [0.05, 0.1) is 18.0 Å². The second kappa shape index (κ2) is 4.48. The van der Waals surface area contributed by atoms with Crippen molar-refractivity contribution < 1.29 is 15.3 Å². The van der Waals surface area contributed by atoms with Gasteiger partial charge in [-0.2, -0.15) is 0 Å². The molecule has 3 heteroatoms. The Labute approximate surface area is 132 Å². The van der Waals surface area contributed by atoms with Crippen molar-refractivity contribution in [2.45, 2.75) is 51.7 Å². The zero-order valence-corrected chi connectivity index (χ0v) is 13.4. The minimum absolute atomic E-state index is 0.0529. The van der Waals surface area contributed by atoms with Gasteiger partial charge in [-0.1, -0.05) is 37.6 Å². The second-order valence-corrected chi connectivity index (χ2v) is 8.17. The fraction of sp³-hybridized carbons (Fsp3) is 0.684. The maximum atomic E-state index is 10.8. The molecular formula is C19H26O3. The zero-order chi connectivity index (χ0) is 15.7. The minimum Gasteiger partial charge on any atom is -0.512 e. The van der Waals surface area contributed by atoms with Gasteiger partial charge in [-0.05, 0) is 49.5 Å². The van der Waals surface area contributed by atoms with Gasteiger partial charge in [0.25, 0.3) is 0 Å². The summed E-state index contributed by atoms with van der Waals surface area (Å²) in [5.41, 5.74) is 0.982. The average molecular weight is 302 g/mol. The number of hydrogen-bond acceptors (Lipinski definition) is 3. The van der Waals surface area contributed by atoms with Crippen molar-refractivity contribution in [1.29, 1.82) is 0 Å². The highest BCUT2D eigenvalue weighted by atomic mass is 16.3. The Balaban J connectivity index is 1.74. The van der Waals surface area contributed by atoms with Crippen LogP contribution in [0.15, 0.2) is 35.6 Å². The number of aliphatic hydroxyl groups excluding tert-OH is 3. The van der Waals surface area contributed by atoms with E-state index in [1.807, 2.05) is 18.2 Å². The van der Waals surface area contributed by atoms with Crippen LogP contribution in [0.5, 0.6) is 0 Å². The maximum Gasteiger partial charge on any atom is 0.0944 e. The van der Waals surface area contributed by atoms with Crippen LogP contribution in [0.2, 0.25) is 0 Å². The Bertz CT molecular complexity index is 589. The van der Waals surface area contributed by atoms with Crippen LogP contribution >= 0.6 is 0 Å². The summed E-state index contributed by atoms with van der Waals surface area (Å²) in [5.74, 6) is 1.48. The number of hydrogen-bond donors (Lipinski definition) is 3. The summed E-state index contributed by atoms with van der Waals surface area (Å²) in [6, 6.07) is 0. The van der Waals surface area contributed by atoms with Gasteiger partial charge in [-0.25, -0.2) is 0 Å². The molecule has 0 aromatic heterocycles. The lowest BCUT2D eigenvalue weighted by Crippen LogP contribution is -2.54. The molecule has 22 heavy (non-hydrogen) atoms. The first-order valence-electron chi connectivity index (χ1n) is 8.52. The SMILES string of the molecule is C[C@]12C=CC(O)C=C1CC(O)[C@@H]1[C@H]2CC[C@]2(C)C(O)=CC[C@@H]12. The number of allylic oxidation sites excluding steroid dienone is 3. The van der Waals surface area contributed by atoms with E-state index >= 15 is 0 Å². The third-order valence-electron chi connectivity index (χ3n) is 7.22. The van der Waals surface area contributed by atoms with Crippen LogP contribution in [0.4, 0.5) is 0 Å². The molecule has 0 aliphatic heterocycles. The van der Waals surface area contributed by atoms with Crippen LogP contribution in [0.1, 0.15) is 39.5 Å². The molecule has 0 amide bonds. The fourth-order valence-corrected chi connectivity index (χ4v) is 5.84. The smallest absolute Gasteiger partial charge is 0.0944 e. The van der Waals surface area contributed by atoms with Crippen LogP contribution in [0.3, 0.4) is 0 Å². The van der Waals surface area contributed by atoms with Crippen LogP contribution in [-0.4, -0.2) is 27.5 Å². The molecule has 0 aromatic rings. The molecule has 4 aliphatic carbocycles. The van der Waals surface area contributed by atoms with E-state index in [4.69, 9.17) is 0 Å². The van der Waals surface area contributed by atoms with E-state index in [0.29, 0.717) is 24.0 Å². The fourth-order valence-electron chi connectivity index (χ4n) is 5.84. The molecule has 0 heterocycles. The summed E-state index contributed by atoms with van der Waals surface area (Å²) in [6.45, 7) is 4.42. The van der Waals surface area contributed by atoms with E-state index in [-0.39, 0.29) is 22.9 Å². The van der Waals surface area contributed by atoms with Crippen molar-refractivity contribution in [2.24, 2.45) is 28.6 Å². The number of rotatable bonds is 0. The average Bonchev–Trinajstić information content (AvgIpc) is 2.77. The molecule has 0 bridgehead atoms. The highest BCUT2D eigenvalue weighted by molar-refractivity contribution is 5.35. The maximum absolute atomic E-state index is 10.8. The lowest BCUT2D eigenvalue weighted by molar-refractivity contribution is -0.0873. The first-order valence-corrected chi connectivity index (χ1v) is 8.52. The summed E-state index contributed by atoms with van der Waals surface area (Å²) in [6.07, 6.45) is 10.6. The molecule has 2 saturated carbocycles. The Morgan fingerprint density at radius 2 is 1.95 bits per heavy atom. The van der Waals surface area contributed by atoms with Gasteiger partial charge in [0, 0.05) is 10.8 Å². The predicted octanol–water partition coefficient (Wildman–Crippen LogP) is 3.11. The zero-order valence-electron chi connectivity index (χ0n) is 13.4. The lowest BCUT2D eigenvalue weighted by Gasteiger charge is -2.57. The van der Waals surface area contributed by atoms with Gasteiger partial charge in [-0.15, -0.1) is 0 Å². The van der Waals surface area contributed by atoms with Crippen molar-refractivity contribution >= 4 is 0 Å². The van der Waals surface area contributed by atoms with Crippen LogP contribution < -0.4 is 0 Å². The summed E-state index contributed by atoms with van der Waals surface area (Å²) < 4.78 is 0. The number of fused-ring (bicyclic) bond motifs is 5. The van der Waals surface area contributed by atoms with E-state index in [2.05, 4.69) is 19.9 Å². The molecule has 0 radical (unpaired) electrons. The second-order valence-electron chi connectivity index (χ2n) is 8.17. The van der Waals surface area contributed by atoms with E-state index in [0.717, 1.165) is 19.3 Å². The molecule has 120 valence electrons. The largest absolute Gasteiger partial charge is 0.512 e. The Morgan fingerprint density at radius 1 is 1.18 bits per heavy atom. The minimum atomic E-state index is -0.516. The molecule has 3 N–H and O–H groups in total. The van der Waals surface area contributed by atoms with Crippen molar-refractivity contribution in [1.82, 2.24) is 0 Å². The van der Waals surface area contributed by atoms with Gasteiger partial charge >= 0.3 is 0 Å². The summed E-state index contributed by atoms with van der Waals surface area (Å²) >= 11 is 0. The van der Waals surface area contributed by atoms with Crippen LogP contribution in [0, 0.1) is 28.6 Å². The van der Waals surface area contributed by atoms with Gasteiger partial charge in [0.2, 0.25) is 0 Å². The molecule has 4 rings (SSSR count). The molecule has 7 atom stereocenters. The third-order valence-corrected chi connectivity index (χ3v) is 7.22. The van der Waals surface area contributed by atoms with E-state index in [9.17, 15) is 15.3 Å². The predicted molar refractivity (Wildman–Crippen MR) is 85.1 cm³/mol. The first-order chi connectivity index (χ1) is 10.4. The molecule has 2 fully saturated rings. The topological polar surface area (TPSA) is 60.7 Å². The van der Waals surface area contributed by atoms with Gasteiger partial charge < -0.3 is 15.3 Å². The molecule has 0 spiro atoms. The summed E-state index contributed by atoms with van der Waals surface area (Å²) in [4.78, 5) is 0. The highest BCUT2D eigenvalue weighted by Gasteiger charge is 2.59. The quantitative estimate of drug-likeness (QED) is 0.603. The first kappa shape index (κ1) is 14.5.